The Morgan fingerprint density at radius 1 is 1.42 bits per heavy atom. The summed E-state index contributed by atoms with van der Waals surface area (Å²) in [6.07, 6.45) is 1.19. The molecule has 0 aliphatic heterocycles. The Labute approximate surface area is 116 Å². The lowest BCUT2D eigenvalue weighted by Crippen LogP contribution is -2.15. The zero-order chi connectivity index (χ0) is 13.8. The van der Waals surface area contributed by atoms with Crippen LogP contribution in [0.4, 0.5) is 0 Å². The van der Waals surface area contributed by atoms with Gasteiger partial charge in [-0.3, -0.25) is 4.79 Å². The maximum Gasteiger partial charge on any atom is 0.313 e. The number of carbonyl (C=O) groups is 1. The molecule has 0 saturated heterocycles. The van der Waals surface area contributed by atoms with E-state index in [0.717, 1.165) is 23.4 Å². The van der Waals surface area contributed by atoms with Crippen LogP contribution in [0.2, 0.25) is 0 Å². The summed E-state index contributed by atoms with van der Waals surface area (Å²) in [7, 11) is 0. The molecule has 0 amide bonds. The summed E-state index contributed by atoms with van der Waals surface area (Å²) in [6, 6.07) is 7.84. The fourth-order valence-corrected chi connectivity index (χ4v) is 2.72. The third kappa shape index (κ3) is 3.17. The minimum absolute atomic E-state index is 0.459. The molecule has 5 heteroatoms. The standard InChI is InChI=1S/C14H16N2O2S/c1-3-12-15-13(19-16-12)11(14(17)18)8-10-7-5-4-6-9(10)2/h4-7,11H,3,8H2,1-2H3,(H,17,18). The quantitative estimate of drug-likeness (QED) is 0.912. The molecule has 2 rings (SSSR count). The monoisotopic (exact) mass is 276 g/mol. The average Bonchev–Trinajstić information content (AvgIpc) is 2.86. The van der Waals surface area contributed by atoms with E-state index in [9.17, 15) is 9.90 Å². The first-order chi connectivity index (χ1) is 9.11. The van der Waals surface area contributed by atoms with E-state index in [0.29, 0.717) is 11.4 Å². The van der Waals surface area contributed by atoms with Gasteiger partial charge >= 0.3 is 5.97 Å². The largest absolute Gasteiger partial charge is 0.481 e. The number of carboxylic acid groups (broad SMARTS) is 1. The van der Waals surface area contributed by atoms with Crippen LogP contribution in [-0.4, -0.2) is 20.4 Å². The predicted octanol–water partition coefficient (Wildman–Crippen LogP) is 2.82. The number of aliphatic carboxylic acids is 1. The van der Waals surface area contributed by atoms with Gasteiger partial charge in [-0.25, -0.2) is 4.98 Å². The Morgan fingerprint density at radius 2 is 2.16 bits per heavy atom. The minimum Gasteiger partial charge on any atom is -0.481 e. The van der Waals surface area contributed by atoms with Crippen molar-refractivity contribution in [2.24, 2.45) is 0 Å². The molecular weight excluding hydrogens is 260 g/mol. The highest BCUT2D eigenvalue weighted by Gasteiger charge is 2.24. The molecule has 0 fully saturated rings. The van der Waals surface area contributed by atoms with Crippen molar-refractivity contribution in [2.75, 3.05) is 0 Å². The summed E-state index contributed by atoms with van der Waals surface area (Å²) in [5, 5.41) is 9.99. The molecule has 1 heterocycles. The Hall–Kier alpha value is -1.75. The molecule has 19 heavy (non-hydrogen) atoms. The van der Waals surface area contributed by atoms with E-state index in [1.165, 1.54) is 11.5 Å². The van der Waals surface area contributed by atoms with Gasteiger partial charge < -0.3 is 5.11 Å². The topological polar surface area (TPSA) is 63.1 Å². The van der Waals surface area contributed by atoms with Crippen LogP contribution in [0, 0.1) is 6.92 Å². The summed E-state index contributed by atoms with van der Waals surface area (Å²) in [6.45, 7) is 3.95. The lowest BCUT2D eigenvalue weighted by Gasteiger charge is -2.11. The van der Waals surface area contributed by atoms with Gasteiger partial charge in [0.2, 0.25) is 0 Å². The molecule has 1 aromatic carbocycles. The minimum atomic E-state index is -0.845. The van der Waals surface area contributed by atoms with Crippen LogP contribution in [0.5, 0.6) is 0 Å². The third-order valence-corrected chi connectivity index (χ3v) is 3.95. The number of benzene rings is 1. The first-order valence-electron chi connectivity index (χ1n) is 6.21. The lowest BCUT2D eigenvalue weighted by atomic mass is 9.96. The van der Waals surface area contributed by atoms with Gasteiger partial charge in [0.25, 0.3) is 0 Å². The van der Waals surface area contributed by atoms with Gasteiger partial charge in [-0.05, 0) is 36.0 Å². The van der Waals surface area contributed by atoms with Gasteiger partial charge in [0.05, 0.1) is 0 Å². The number of rotatable bonds is 5. The fourth-order valence-electron chi connectivity index (χ4n) is 1.89. The van der Waals surface area contributed by atoms with Crippen LogP contribution in [0.3, 0.4) is 0 Å². The first-order valence-corrected chi connectivity index (χ1v) is 6.99. The second-order valence-corrected chi connectivity index (χ2v) is 5.21. The number of aryl methyl sites for hydroxylation is 2. The van der Waals surface area contributed by atoms with Crippen molar-refractivity contribution in [1.82, 2.24) is 9.36 Å². The van der Waals surface area contributed by atoms with E-state index in [1.807, 2.05) is 38.1 Å². The summed E-state index contributed by atoms with van der Waals surface area (Å²) < 4.78 is 4.17. The van der Waals surface area contributed by atoms with Gasteiger partial charge in [-0.15, -0.1) is 0 Å². The molecule has 0 bridgehead atoms. The summed E-state index contributed by atoms with van der Waals surface area (Å²) >= 11 is 1.19. The van der Waals surface area contributed by atoms with E-state index in [1.54, 1.807) is 0 Å². The summed E-state index contributed by atoms with van der Waals surface area (Å²) in [4.78, 5) is 15.8. The van der Waals surface area contributed by atoms with E-state index >= 15 is 0 Å². The maximum absolute atomic E-state index is 11.5. The number of nitrogens with zero attached hydrogens (tertiary/aromatic N) is 2. The van der Waals surface area contributed by atoms with Gasteiger partial charge in [0, 0.05) is 6.42 Å². The van der Waals surface area contributed by atoms with Crippen molar-refractivity contribution < 1.29 is 9.90 Å². The summed E-state index contributed by atoms with van der Waals surface area (Å²) in [5.41, 5.74) is 2.15. The SMILES string of the molecule is CCc1nsc(C(Cc2ccccc2C)C(=O)O)n1. The number of hydrogen-bond acceptors (Lipinski definition) is 4. The van der Waals surface area contributed by atoms with Crippen LogP contribution in [0.25, 0.3) is 0 Å². The smallest absolute Gasteiger partial charge is 0.313 e. The van der Waals surface area contributed by atoms with Gasteiger partial charge in [0.1, 0.15) is 16.7 Å². The Morgan fingerprint density at radius 3 is 2.74 bits per heavy atom. The van der Waals surface area contributed by atoms with Crippen LogP contribution in [0.15, 0.2) is 24.3 Å². The molecular formula is C14H16N2O2S. The molecule has 1 unspecified atom stereocenters. The number of aromatic nitrogens is 2. The van der Waals surface area contributed by atoms with Crippen molar-refractivity contribution in [2.45, 2.75) is 32.6 Å². The zero-order valence-corrected chi connectivity index (χ0v) is 11.8. The van der Waals surface area contributed by atoms with Gasteiger partial charge in [-0.2, -0.15) is 4.37 Å². The lowest BCUT2D eigenvalue weighted by molar-refractivity contribution is -0.138. The molecule has 4 nitrogen and oxygen atoms in total. The number of hydrogen-bond donors (Lipinski definition) is 1. The molecule has 0 saturated carbocycles. The first kappa shape index (κ1) is 13.7. The Balaban J connectivity index is 2.26. The Kier molecular flexibility index (Phi) is 4.27. The van der Waals surface area contributed by atoms with Crippen molar-refractivity contribution in [3.05, 3.63) is 46.2 Å². The molecule has 2 aromatic rings. The van der Waals surface area contributed by atoms with Crippen LogP contribution < -0.4 is 0 Å². The number of carboxylic acids is 1. The van der Waals surface area contributed by atoms with E-state index in [2.05, 4.69) is 9.36 Å². The van der Waals surface area contributed by atoms with Crippen LogP contribution in [-0.2, 0) is 17.6 Å². The second kappa shape index (κ2) is 5.93. The summed E-state index contributed by atoms with van der Waals surface area (Å²) in [5.74, 6) is -0.739. The highest BCUT2D eigenvalue weighted by molar-refractivity contribution is 7.05. The van der Waals surface area contributed by atoms with E-state index in [-0.39, 0.29) is 0 Å². The van der Waals surface area contributed by atoms with Gasteiger partial charge in [0.15, 0.2) is 0 Å². The predicted molar refractivity (Wildman–Crippen MR) is 74.5 cm³/mol. The molecule has 1 aromatic heterocycles. The van der Waals surface area contributed by atoms with Crippen molar-refractivity contribution in [1.29, 1.82) is 0 Å². The molecule has 1 atom stereocenters. The Bertz CT molecular complexity index is 580. The highest BCUT2D eigenvalue weighted by atomic mass is 32.1. The van der Waals surface area contributed by atoms with Crippen molar-refractivity contribution in [3.8, 4) is 0 Å². The molecule has 1 N–H and O–H groups in total. The van der Waals surface area contributed by atoms with Crippen molar-refractivity contribution >= 4 is 17.5 Å². The second-order valence-electron chi connectivity index (χ2n) is 4.42. The molecule has 0 aliphatic rings. The molecule has 0 spiro atoms. The van der Waals surface area contributed by atoms with Crippen molar-refractivity contribution in [3.63, 3.8) is 0 Å². The highest BCUT2D eigenvalue weighted by Crippen LogP contribution is 2.24. The normalized spacial score (nSPS) is 12.3. The average molecular weight is 276 g/mol. The molecule has 100 valence electrons. The third-order valence-electron chi connectivity index (χ3n) is 3.08. The van der Waals surface area contributed by atoms with E-state index < -0.39 is 11.9 Å². The molecule has 0 aliphatic carbocycles. The van der Waals surface area contributed by atoms with Gasteiger partial charge in [-0.1, -0.05) is 31.2 Å². The van der Waals surface area contributed by atoms with Crippen LogP contribution in [0.1, 0.15) is 34.8 Å². The fraction of sp³-hybridized carbons (Fsp3) is 0.357. The van der Waals surface area contributed by atoms with E-state index in [4.69, 9.17) is 0 Å². The molecule has 0 radical (unpaired) electrons. The van der Waals surface area contributed by atoms with Crippen LogP contribution >= 0.6 is 11.5 Å². The zero-order valence-electron chi connectivity index (χ0n) is 11.0. The maximum atomic E-state index is 11.5.